The third-order valence-corrected chi connectivity index (χ3v) is 8.78. The second-order valence-electron chi connectivity index (χ2n) is 10.6. The van der Waals surface area contributed by atoms with Crippen LogP contribution in [0.5, 0.6) is 5.75 Å². The molecule has 3 aliphatic carbocycles. The molecule has 3 aliphatic rings. The van der Waals surface area contributed by atoms with Crippen LogP contribution in [0.1, 0.15) is 68.2 Å². The van der Waals surface area contributed by atoms with Crippen molar-refractivity contribution in [3.8, 4) is 5.75 Å². The third kappa shape index (κ3) is 5.76. The molecule has 3 unspecified atom stereocenters. The first-order valence-electron chi connectivity index (χ1n) is 12.4. The molecule has 2 fully saturated rings. The summed E-state index contributed by atoms with van der Waals surface area (Å²) in [6.45, 7) is 3.48. The van der Waals surface area contributed by atoms with E-state index >= 15 is 0 Å². The van der Waals surface area contributed by atoms with Gasteiger partial charge in [-0.05, 0) is 97.1 Å². The fourth-order valence-corrected chi connectivity index (χ4v) is 7.17. The Morgan fingerprint density at radius 1 is 1.20 bits per heavy atom. The average Bonchev–Trinajstić information content (AvgIpc) is 3.06. The minimum atomic E-state index is -1.02. The Morgan fingerprint density at radius 3 is 2.74 bits per heavy atom. The number of nitrogens with zero attached hydrogens (tertiary/aromatic N) is 2. The second kappa shape index (κ2) is 11.8. The van der Waals surface area contributed by atoms with Gasteiger partial charge >= 0.3 is 35.3 Å². The molecule has 0 amide bonds. The Hall–Kier alpha value is -0.682. The van der Waals surface area contributed by atoms with E-state index < -0.39 is 28.2 Å². The van der Waals surface area contributed by atoms with Gasteiger partial charge in [-0.15, -0.1) is 13.1 Å². The Balaban J connectivity index is 0.000000917. The van der Waals surface area contributed by atoms with E-state index in [1.165, 1.54) is 11.1 Å². The normalized spacial score (nSPS) is 33.3. The summed E-state index contributed by atoms with van der Waals surface area (Å²) in [5.74, 6) is 1.64. The van der Waals surface area contributed by atoms with Gasteiger partial charge in [0, 0.05) is 11.9 Å². The fourth-order valence-electron chi connectivity index (χ4n) is 7.17. The first kappa shape index (κ1) is 27.4. The monoisotopic (exact) mass is 700 g/mol. The Labute approximate surface area is 225 Å². The molecule has 1 heterocycles. The summed E-state index contributed by atoms with van der Waals surface area (Å²) in [6, 6.07) is 11.7. The van der Waals surface area contributed by atoms with Gasteiger partial charge in [0.2, 0.25) is 0 Å². The molecule has 3 N–H and O–H groups in total. The van der Waals surface area contributed by atoms with E-state index in [0.717, 1.165) is 37.8 Å². The number of phenols is 1. The van der Waals surface area contributed by atoms with Crippen molar-refractivity contribution in [2.45, 2.75) is 76.0 Å². The molecule has 5 rings (SSSR count). The number of aromatic hydroxyl groups is 1. The summed E-state index contributed by atoms with van der Waals surface area (Å²) in [4.78, 5) is 4.30. The summed E-state index contributed by atoms with van der Waals surface area (Å²) < 4.78 is 0. The first-order chi connectivity index (χ1) is 16.8. The van der Waals surface area contributed by atoms with Crippen LogP contribution in [0.3, 0.4) is 0 Å². The molecule has 0 saturated heterocycles. The van der Waals surface area contributed by atoms with Gasteiger partial charge in [-0.3, -0.25) is 4.98 Å². The van der Waals surface area contributed by atoms with Crippen molar-refractivity contribution in [2.75, 3.05) is 6.54 Å². The number of aliphatic hydroxyl groups is 2. The molecule has 0 aliphatic heterocycles. The standard InChI is InChI=1S/C27H35N2O3.2ClH.Pt/c1-26-12-10-22-21-9-7-20(30)15-18(21)6-8-23(22)24(26)16-27(32,25(26)31)11-4-13-28-17-19-5-2-3-14-29-19;;;/h2-3,5,7,9,14-15,22-25,30-32H,4,6,8,10-13,16-17H2,1H3;2*1H;/q-1;;;+2/p-2/t22?,23?,24?,25-,26+,27+;;;/m1.../s1. The molecule has 2 saturated carbocycles. The zero-order chi connectivity index (χ0) is 25.1. The number of pyridine rings is 1. The van der Waals surface area contributed by atoms with E-state index in [9.17, 15) is 15.3 Å². The number of rotatable bonds is 6. The number of halogens is 2. The van der Waals surface area contributed by atoms with Crippen molar-refractivity contribution in [1.82, 2.24) is 4.98 Å². The Morgan fingerprint density at radius 2 is 2.00 bits per heavy atom. The summed E-state index contributed by atoms with van der Waals surface area (Å²) in [6.07, 6.45) is 7.17. The molecule has 6 atom stereocenters. The molecule has 2 aromatic rings. The van der Waals surface area contributed by atoms with Crippen molar-refractivity contribution in [2.24, 2.45) is 17.3 Å². The maximum absolute atomic E-state index is 11.6. The number of aliphatic hydroxyl groups excluding tert-OH is 1. The zero-order valence-electron chi connectivity index (χ0n) is 20.0. The van der Waals surface area contributed by atoms with E-state index in [0.29, 0.717) is 49.4 Å². The summed E-state index contributed by atoms with van der Waals surface area (Å²) in [5.41, 5.74) is 2.36. The number of hydrogen-bond acceptors (Lipinski definition) is 4. The van der Waals surface area contributed by atoms with Crippen molar-refractivity contribution < 1.29 is 31.8 Å². The van der Waals surface area contributed by atoms with Gasteiger partial charge in [-0.2, -0.15) is 0 Å². The van der Waals surface area contributed by atoms with E-state index in [1.54, 1.807) is 6.20 Å². The minimum absolute atomic E-state index is 0.227. The van der Waals surface area contributed by atoms with E-state index in [1.807, 2.05) is 30.3 Å². The van der Waals surface area contributed by atoms with Crippen LogP contribution in [0.15, 0.2) is 42.6 Å². The fraction of sp³-hybridized carbons (Fsp3) is 0.593. The van der Waals surface area contributed by atoms with E-state index in [2.05, 4.69) is 23.3 Å². The summed E-state index contributed by atoms with van der Waals surface area (Å²) in [5, 5.41) is 37.4. The van der Waals surface area contributed by atoms with Gasteiger partial charge in [-0.25, -0.2) is 0 Å². The van der Waals surface area contributed by atoms with Crippen molar-refractivity contribution in [3.05, 3.63) is 64.7 Å². The van der Waals surface area contributed by atoms with Crippen LogP contribution in [-0.2, 0) is 29.4 Å². The Bertz CT molecular complexity index is 984. The number of aryl methyl sites for hydroxylation is 1. The van der Waals surface area contributed by atoms with Gasteiger partial charge in [0.05, 0.1) is 11.7 Å². The molecule has 0 radical (unpaired) electrons. The third-order valence-electron chi connectivity index (χ3n) is 8.78. The van der Waals surface area contributed by atoms with Crippen molar-refractivity contribution in [1.29, 1.82) is 0 Å². The van der Waals surface area contributed by atoms with Gasteiger partial charge < -0.3 is 20.6 Å². The number of benzene rings is 1. The van der Waals surface area contributed by atoms with Crippen LogP contribution in [0, 0.1) is 17.3 Å². The van der Waals surface area contributed by atoms with Crippen LogP contribution >= 0.6 is 18.8 Å². The quantitative estimate of drug-likeness (QED) is 0.319. The molecule has 1 aromatic carbocycles. The van der Waals surface area contributed by atoms with Crippen molar-refractivity contribution in [3.63, 3.8) is 0 Å². The van der Waals surface area contributed by atoms with Crippen LogP contribution < -0.4 is 0 Å². The van der Waals surface area contributed by atoms with Gasteiger partial charge in [0.15, 0.2) is 0 Å². The molecule has 196 valence electrons. The average molecular weight is 702 g/mol. The number of phenolic OH excluding ortho intramolecular Hbond substituents is 1. The Kier molecular flexibility index (Phi) is 9.22. The van der Waals surface area contributed by atoms with Gasteiger partial charge in [-0.1, -0.05) is 25.5 Å². The molecule has 1 aromatic heterocycles. The SMILES string of the molecule is C[C@]12CCC3c4ccc(O)cc4CCC3C1C[C@@](O)(CCC[N-]Cc1ccccn1)[C@@H]2O.[Cl][Pt][Cl]. The maximum atomic E-state index is 11.6. The molecule has 0 spiro atoms. The van der Waals surface area contributed by atoms with Crippen LogP contribution in [0.4, 0.5) is 0 Å². The second-order valence-corrected chi connectivity index (χ2v) is 13.9. The molecular formula is C27H35Cl2N2O3Pt-. The van der Waals surface area contributed by atoms with E-state index in [4.69, 9.17) is 18.8 Å². The number of fused-ring (bicyclic) bond motifs is 5. The van der Waals surface area contributed by atoms with E-state index in [-0.39, 0.29) is 5.41 Å². The topological polar surface area (TPSA) is 87.7 Å². The van der Waals surface area contributed by atoms with Gasteiger partial charge in [0.1, 0.15) is 5.75 Å². The predicted octanol–water partition coefficient (Wildman–Crippen LogP) is 6.08. The number of hydrogen-bond donors (Lipinski definition) is 3. The first-order valence-corrected chi connectivity index (χ1v) is 18.0. The van der Waals surface area contributed by atoms with Crippen LogP contribution in [0.2, 0.25) is 0 Å². The molecule has 35 heavy (non-hydrogen) atoms. The molecule has 5 nitrogen and oxygen atoms in total. The van der Waals surface area contributed by atoms with Gasteiger partial charge in [0.25, 0.3) is 0 Å². The van der Waals surface area contributed by atoms with Crippen LogP contribution in [0.25, 0.3) is 5.32 Å². The predicted molar refractivity (Wildman–Crippen MR) is 136 cm³/mol. The molecular weight excluding hydrogens is 666 g/mol. The summed E-state index contributed by atoms with van der Waals surface area (Å²) in [7, 11) is 9.75. The molecule has 0 bridgehead atoms. The molecule has 8 heteroatoms. The zero-order valence-corrected chi connectivity index (χ0v) is 23.8. The van der Waals surface area contributed by atoms with Crippen LogP contribution in [-0.4, -0.2) is 38.6 Å². The van der Waals surface area contributed by atoms with Crippen molar-refractivity contribution >= 4 is 18.8 Å². The number of aromatic nitrogens is 1. The summed E-state index contributed by atoms with van der Waals surface area (Å²) >= 11 is -0.472.